The fourth-order valence-corrected chi connectivity index (χ4v) is 4.31. The monoisotopic (exact) mass is 437 g/mol. The van der Waals surface area contributed by atoms with Crippen molar-refractivity contribution < 1.29 is 18.7 Å². The molecule has 1 heterocycles. The Kier molecular flexibility index (Phi) is 6.59. The second kappa shape index (κ2) is 8.94. The molecular weight excluding hydrogens is 421 g/mol. The number of rotatable bonds is 6. The van der Waals surface area contributed by atoms with Crippen molar-refractivity contribution in [1.82, 2.24) is 4.90 Å². The van der Waals surface area contributed by atoms with E-state index in [0.29, 0.717) is 43.4 Å². The molecule has 0 atom stereocenters. The van der Waals surface area contributed by atoms with Crippen molar-refractivity contribution in [3.05, 3.63) is 63.3 Å². The van der Waals surface area contributed by atoms with Gasteiger partial charge in [0.15, 0.2) is 11.5 Å². The number of halogens is 2. The molecule has 3 rings (SSSR count). The van der Waals surface area contributed by atoms with Crippen LogP contribution in [0, 0.1) is 5.82 Å². The summed E-state index contributed by atoms with van der Waals surface area (Å²) >= 11 is 12.8. The minimum Gasteiger partial charge on any atom is -0.493 e. The normalized spacial score (nSPS) is 15.4. The van der Waals surface area contributed by atoms with Crippen molar-refractivity contribution in [2.24, 2.45) is 0 Å². The van der Waals surface area contributed by atoms with Crippen LogP contribution in [0.1, 0.15) is 18.1 Å². The second-order valence-corrected chi connectivity index (χ2v) is 7.92. The molecule has 146 valence electrons. The lowest BCUT2D eigenvalue weighted by Gasteiger charge is -2.14. The van der Waals surface area contributed by atoms with Crippen LogP contribution in [-0.2, 0) is 11.4 Å². The van der Waals surface area contributed by atoms with Gasteiger partial charge in [-0.05, 0) is 36.8 Å². The number of likely N-dealkylation sites (N-methyl/N-ethyl adjacent to an activating group) is 1. The van der Waals surface area contributed by atoms with Crippen molar-refractivity contribution in [3.63, 3.8) is 0 Å². The van der Waals surface area contributed by atoms with Crippen LogP contribution in [0.15, 0.2) is 41.3 Å². The highest BCUT2D eigenvalue weighted by Gasteiger charge is 2.30. The van der Waals surface area contributed by atoms with E-state index in [2.05, 4.69) is 0 Å². The number of carbonyl (C=O) groups excluding carboxylic acids is 1. The highest BCUT2D eigenvalue weighted by Crippen LogP contribution is 2.39. The maximum Gasteiger partial charge on any atom is 0.266 e. The van der Waals surface area contributed by atoms with Crippen molar-refractivity contribution in [2.75, 3.05) is 13.7 Å². The molecule has 2 aromatic rings. The number of thiocarbonyl (C=S) groups is 1. The molecule has 0 saturated carbocycles. The van der Waals surface area contributed by atoms with Gasteiger partial charge in [-0.3, -0.25) is 9.69 Å². The summed E-state index contributed by atoms with van der Waals surface area (Å²) in [7, 11) is 1.49. The van der Waals surface area contributed by atoms with Crippen molar-refractivity contribution in [1.29, 1.82) is 0 Å². The number of carbonyl (C=O) groups is 1. The fourth-order valence-electron chi connectivity index (χ4n) is 2.65. The average molecular weight is 438 g/mol. The van der Waals surface area contributed by atoms with Gasteiger partial charge >= 0.3 is 0 Å². The molecule has 0 spiro atoms. The molecule has 4 nitrogen and oxygen atoms in total. The third-order valence-corrected chi connectivity index (χ3v) is 5.73. The summed E-state index contributed by atoms with van der Waals surface area (Å²) in [6.07, 6.45) is 1.71. The van der Waals surface area contributed by atoms with Gasteiger partial charge in [-0.15, -0.1) is 0 Å². The zero-order chi connectivity index (χ0) is 20.3. The van der Waals surface area contributed by atoms with Crippen LogP contribution in [0.4, 0.5) is 4.39 Å². The number of thioether (sulfide) groups is 1. The number of hydrogen-bond donors (Lipinski definition) is 0. The van der Waals surface area contributed by atoms with Crippen molar-refractivity contribution >= 4 is 51.9 Å². The summed E-state index contributed by atoms with van der Waals surface area (Å²) in [5, 5.41) is 0.299. The molecule has 28 heavy (non-hydrogen) atoms. The third-order valence-electron chi connectivity index (χ3n) is 4.07. The molecule has 0 N–H and O–H groups in total. The number of amides is 1. The van der Waals surface area contributed by atoms with Gasteiger partial charge in [0.1, 0.15) is 16.7 Å². The molecule has 1 fully saturated rings. The van der Waals surface area contributed by atoms with Crippen molar-refractivity contribution in [2.45, 2.75) is 13.5 Å². The number of ether oxygens (including phenoxy) is 2. The van der Waals surface area contributed by atoms with Crippen LogP contribution in [0.3, 0.4) is 0 Å². The summed E-state index contributed by atoms with van der Waals surface area (Å²) in [5.41, 5.74) is 1.09. The molecule has 1 amide bonds. The summed E-state index contributed by atoms with van der Waals surface area (Å²) in [5.74, 6) is 0.214. The second-order valence-electron chi connectivity index (χ2n) is 5.84. The number of methoxy groups -OCH3 is 1. The Bertz CT molecular complexity index is 964. The van der Waals surface area contributed by atoms with Gasteiger partial charge in [0.25, 0.3) is 5.91 Å². The molecule has 0 aliphatic carbocycles. The lowest BCUT2D eigenvalue weighted by molar-refractivity contribution is -0.121. The first-order valence-electron chi connectivity index (χ1n) is 8.43. The highest BCUT2D eigenvalue weighted by molar-refractivity contribution is 8.26. The van der Waals surface area contributed by atoms with Crippen LogP contribution in [-0.4, -0.2) is 28.8 Å². The van der Waals surface area contributed by atoms with Crippen LogP contribution in [0.5, 0.6) is 11.5 Å². The molecular formula is C20H17ClFNO3S2. The molecule has 8 heteroatoms. The van der Waals surface area contributed by atoms with E-state index < -0.39 is 0 Å². The predicted octanol–water partition coefficient (Wildman–Crippen LogP) is 5.29. The number of hydrogen-bond acceptors (Lipinski definition) is 5. The van der Waals surface area contributed by atoms with Crippen molar-refractivity contribution in [3.8, 4) is 11.5 Å². The maximum absolute atomic E-state index is 13.8. The van der Waals surface area contributed by atoms with Gasteiger partial charge < -0.3 is 9.47 Å². The smallest absolute Gasteiger partial charge is 0.266 e. The lowest BCUT2D eigenvalue weighted by atomic mass is 10.1. The van der Waals surface area contributed by atoms with E-state index in [1.54, 1.807) is 36.4 Å². The fraction of sp³-hybridized carbons (Fsp3) is 0.200. The average Bonchev–Trinajstić information content (AvgIpc) is 2.94. The lowest BCUT2D eigenvalue weighted by Crippen LogP contribution is -2.27. The van der Waals surface area contributed by atoms with Crippen LogP contribution in [0.2, 0.25) is 5.02 Å². The molecule has 0 unspecified atom stereocenters. The topological polar surface area (TPSA) is 38.8 Å². The zero-order valence-electron chi connectivity index (χ0n) is 15.2. The Morgan fingerprint density at radius 1 is 1.32 bits per heavy atom. The van der Waals surface area contributed by atoms with E-state index in [-0.39, 0.29) is 18.3 Å². The number of benzene rings is 2. The van der Waals surface area contributed by atoms with Crippen LogP contribution in [0.25, 0.3) is 6.08 Å². The summed E-state index contributed by atoms with van der Waals surface area (Å²) in [4.78, 5) is 14.4. The standard InChI is InChI=1S/C20H17ClFNO3S2/c1-3-23-19(24)17(28-20(23)27)10-12-8-14(21)18(16(9-12)25-2)26-11-13-6-4-5-7-15(13)22/h4-10H,3,11H2,1-2H3/b17-10-. The van der Waals surface area contributed by atoms with Gasteiger partial charge in [-0.1, -0.05) is 53.8 Å². The van der Waals surface area contributed by atoms with E-state index >= 15 is 0 Å². The molecule has 0 radical (unpaired) electrons. The Morgan fingerprint density at radius 3 is 2.71 bits per heavy atom. The quantitative estimate of drug-likeness (QED) is 0.453. The Balaban J connectivity index is 1.86. The molecule has 1 aliphatic heterocycles. The minimum absolute atomic E-state index is 0.0112. The van der Waals surface area contributed by atoms with Crippen LogP contribution >= 0.6 is 35.6 Å². The van der Waals surface area contributed by atoms with E-state index in [9.17, 15) is 9.18 Å². The molecule has 1 saturated heterocycles. The SMILES string of the molecule is CCN1C(=O)/C(=C/c2cc(Cl)c(OCc3ccccc3F)c(OC)c2)SC1=S. The Labute approximate surface area is 177 Å². The van der Waals surface area contributed by atoms with E-state index in [0.717, 1.165) is 0 Å². The predicted molar refractivity (Wildman–Crippen MR) is 114 cm³/mol. The molecule has 0 bridgehead atoms. The third kappa shape index (κ3) is 4.32. The Hall–Kier alpha value is -2.09. The zero-order valence-corrected chi connectivity index (χ0v) is 17.6. The summed E-state index contributed by atoms with van der Waals surface area (Å²) < 4.78 is 25.4. The molecule has 0 aromatic heterocycles. The summed E-state index contributed by atoms with van der Waals surface area (Å²) in [6, 6.07) is 9.73. The first-order valence-corrected chi connectivity index (χ1v) is 10.0. The first kappa shape index (κ1) is 20.6. The van der Waals surface area contributed by atoms with Gasteiger partial charge in [0.2, 0.25) is 0 Å². The number of nitrogens with zero attached hydrogens (tertiary/aromatic N) is 1. The molecule has 2 aromatic carbocycles. The largest absolute Gasteiger partial charge is 0.493 e. The van der Waals surface area contributed by atoms with Gasteiger partial charge in [0.05, 0.1) is 17.0 Å². The van der Waals surface area contributed by atoms with E-state index in [1.165, 1.54) is 29.8 Å². The highest BCUT2D eigenvalue weighted by atomic mass is 35.5. The van der Waals surface area contributed by atoms with Gasteiger partial charge in [0, 0.05) is 12.1 Å². The Morgan fingerprint density at radius 2 is 2.07 bits per heavy atom. The van der Waals surface area contributed by atoms with Gasteiger partial charge in [-0.25, -0.2) is 4.39 Å². The maximum atomic E-state index is 13.8. The van der Waals surface area contributed by atoms with E-state index in [4.69, 9.17) is 33.3 Å². The minimum atomic E-state index is -0.354. The summed E-state index contributed by atoms with van der Waals surface area (Å²) in [6.45, 7) is 2.40. The molecule has 1 aliphatic rings. The van der Waals surface area contributed by atoms with E-state index in [1.807, 2.05) is 6.92 Å². The van der Waals surface area contributed by atoms with Crippen LogP contribution < -0.4 is 9.47 Å². The first-order chi connectivity index (χ1) is 13.4. The van der Waals surface area contributed by atoms with Gasteiger partial charge in [-0.2, -0.15) is 0 Å².